The molecule has 3 rings (SSSR count). The Kier molecular flexibility index (Phi) is 3.92. The molecule has 0 unspecified atom stereocenters. The summed E-state index contributed by atoms with van der Waals surface area (Å²) in [6.45, 7) is 6.32. The molecule has 2 aromatic rings. The second kappa shape index (κ2) is 5.73. The predicted octanol–water partition coefficient (Wildman–Crippen LogP) is 5.42. The van der Waals surface area contributed by atoms with E-state index in [0.29, 0.717) is 0 Å². The third-order valence-electron chi connectivity index (χ3n) is 3.96. The van der Waals surface area contributed by atoms with Crippen LogP contribution in [0.25, 0.3) is 6.08 Å². The monoisotopic (exact) mass is 312 g/mol. The van der Waals surface area contributed by atoms with Crippen LogP contribution in [0.5, 0.6) is 11.5 Å². The number of methoxy groups -OCH3 is 1. The number of hydrogen-bond donors (Lipinski definition) is 0. The van der Waals surface area contributed by atoms with Gasteiger partial charge in [0.15, 0.2) is 0 Å². The number of fused-ring (bicyclic) bond motifs is 1. The van der Waals surface area contributed by atoms with Gasteiger partial charge in [-0.25, -0.2) is 0 Å². The Labute approximate surface area is 136 Å². The van der Waals surface area contributed by atoms with Gasteiger partial charge in [-0.05, 0) is 74.9 Å². The highest BCUT2D eigenvalue weighted by Crippen LogP contribution is 2.38. The van der Waals surface area contributed by atoms with Crippen LogP contribution in [0.15, 0.2) is 57.8 Å². The van der Waals surface area contributed by atoms with Crippen molar-refractivity contribution < 1.29 is 9.47 Å². The molecule has 0 aromatic heterocycles. The lowest BCUT2D eigenvalue weighted by Gasteiger charge is -2.32. The Hall–Kier alpha value is -1.87. The van der Waals surface area contributed by atoms with Gasteiger partial charge in [-0.2, -0.15) is 0 Å². The van der Waals surface area contributed by atoms with Gasteiger partial charge in [-0.15, -0.1) is 0 Å². The van der Waals surface area contributed by atoms with E-state index in [1.54, 1.807) is 18.9 Å². The molecular weight excluding hydrogens is 292 g/mol. The van der Waals surface area contributed by atoms with Gasteiger partial charge < -0.3 is 9.47 Å². The maximum absolute atomic E-state index is 6.07. The Morgan fingerprint density at radius 1 is 1.00 bits per heavy atom. The minimum absolute atomic E-state index is 0.225. The van der Waals surface area contributed by atoms with E-state index in [1.165, 1.54) is 15.4 Å². The van der Waals surface area contributed by atoms with Gasteiger partial charge >= 0.3 is 0 Å². The van der Waals surface area contributed by atoms with Crippen LogP contribution in [0, 0.1) is 0 Å². The molecule has 3 heteroatoms. The standard InChI is InChI=1S/C19H20O2S/c1-13-11-14-12-17(9-10-18(14)21-19(13,2)3)22-16-7-5-15(20-4)6-8-16/h5-12H,1-4H3. The van der Waals surface area contributed by atoms with Crippen molar-refractivity contribution in [2.45, 2.75) is 36.2 Å². The molecule has 22 heavy (non-hydrogen) atoms. The molecule has 2 aromatic carbocycles. The van der Waals surface area contributed by atoms with E-state index in [9.17, 15) is 0 Å². The zero-order valence-corrected chi connectivity index (χ0v) is 14.2. The van der Waals surface area contributed by atoms with Gasteiger partial charge in [0.2, 0.25) is 0 Å². The molecule has 1 aliphatic rings. The highest BCUT2D eigenvalue weighted by Gasteiger charge is 2.27. The number of hydrogen-bond acceptors (Lipinski definition) is 3. The summed E-state index contributed by atoms with van der Waals surface area (Å²) in [6.07, 6.45) is 2.22. The molecule has 0 radical (unpaired) electrons. The lowest BCUT2D eigenvalue weighted by molar-refractivity contribution is 0.145. The number of ether oxygens (including phenoxy) is 2. The Balaban J connectivity index is 1.85. The molecule has 0 N–H and O–H groups in total. The minimum Gasteiger partial charge on any atom is -0.497 e. The summed E-state index contributed by atoms with van der Waals surface area (Å²) in [5.41, 5.74) is 2.17. The van der Waals surface area contributed by atoms with Crippen LogP contribution in [-0.4, -0.2) is 12.7 Å². The highest BCUT2D eigenvalue weighted by molar-refractivity contribution is 7.99. The van der Waals surface area contributed by atoms with E-state index < -0.39 is 0 Å². The van der Waals surface area contributed by atoms with Gasteiger partial charge in [0.25, 0.3) is 0 Å². The first-order valence-corrected chi connectivity index (χ1v) is 8.13. The maximum Gasteiger partial charge on any atom is 0.127 e. The second-order valence-electron chi connectivity index (χ2n) is 5.92. The first-order chi connectivity index (χ1) is 10.5. The Morgan fingerprint density at radius 3 is 2.36 bits per heavy atom. The quantitative estimate of drug-likeness (QED) is 0.754. The summed E-state index contributed by atoms with van der Waals surface area (Å²) in [5, 5.41) is 0. The van der Waals surface area contributed by atoms with Crippen molar-refractivity contribution in [3.63, 3.8) is 0 Å². The van der Waals surface area contributed by atoms with Gasteiger partial charge in [0.1, 0.15) is 17.1 Å². The minimum atomic E-state index is -0.225. The average Bonchev–Trinajstić information content (AvgIpc) is 2.49. The fourth-order valence-electron chi connectivity index (χ4n) is 2.34. The SMILES string of the molecule is COc1ccc(Sc2ccc3c(c2)C=C(C)C(C)(C)O3)cc1. The number of benzene rings is 2. The third kappa shape index (κ3) is 3.00. The summed E-state index contributed by atoms with van der Waals surface area (Å²) in [5.74, 6) is 1.83. The zero-order valence-electron chi connectivity index (χ0n) is 13.3. The zero-order chi connectivity index (χ0) is 15.7. The van der Waals surface area contributed by atoms with Crippen LogP contribution in [0.1, 0.15) is 26.3 Å². The van der Waals surface area contributed by atoms with Crippen LogP contribution >= 0.6 is 11.8 Å². The largest absolute Gasteiger partial charge is 0.497 e. The third-order valence-corrected chi connectivity index (χ3v) is 4.96. The van der Waals surface area contributed by atoms with E-state index in [2.05, 4.69) is 57.2 Å². The normalized spacial score (nSPS) is 15.5. The lowest BCUT2D eigenvalue weighted by atomic mass is 9.94. The molecular formula is C19H20O2S. The van der Waals surface area contributed by atoms with Crippen LogP contribution in [-0.2, 0) is 0 Å². The molecule has 0 saturated carbocycles. The van der Waals surface area contributed by atoms with Crippen molar-refractivity contribution in [1.82, 2.24) is 0 Å². The molecule has 0 saturated heterocycles. The molecule has 1 aliphatic heterocycles. The van der Waals surface area contributed by atoms with E-state index in [1.807, 2.05) is 12.1 Å². The summed E-state index contributed by atoms with van der Waals surface area (Å²) in [4.78, 5) is 2.40. The highest BCUT2D eigenvalue weighted by atomic mass is 32.2. The van der Waals surface area contributed by atoms with Crippen LogP contribution in [0.2, 0.25) is 0 Å². The van der Waals surface area contributed by atoms with Crippen molar-refractivity contribution in [2.75, 3.05) is 7.11 Å². The second-order valence-corrected chi connectivity index (χ2v) is 7.06. The topological polar surface area (TPSA) is 18.5 Å². The van der Waals surface area contributed by atoms with E-state index in [-0.39, 0.29) is 5.60 Å². The van der Waals surface area contributed by atoms with Crippen LogP contribution < -0.4 is 9.47 Å². The fraction of sp³-hybridized carbons (Fsp3) is 0.263. The molecule has 114 valence electrons. The summed E-state index contributed by atoms with van der Waals surface area (Å²) in [7, 11) is 1.68. The van der Waals surface area contributed by atoms with Crippen molar-refractivity contribution >= 4 is 17.8 Å². The Morgan fingerprint density at radius 2 is 1.68 bits per heavy atom. The molecule has 0 bridgehead atoms. The lowest BCUT2D eigenvalue weighted by Crippen LogP contribution is -2.31. The summed E-state index contributed by atoms with van der Waals surface area (Å²) < 4.78 is 11.3. The maximum atomic E-state index is 6.07. The molecule has 2 nitrogen and oxygen atoms in total. The van der Waals surface area contributed by atoms with Crippen molar-refractivity contribution in [1.29, 1.82) is 0 Å². The smallest absolute Gasteiger partial charge is 0.127 e. The van der Waals surface area contributed by atoms with Gasteiger partial charge in [-0.1, -0.05) is 11.8 Å². The first-order valence-electron chi connectivity index (χ1n) is 7.32. The summed E-state index contributed by atoms with van der Waals surface area (Å²) in [6, 6.07) is 14.5. The molecule has 0 spiro atoms. The van der Waals surface area contributed by atoms with E-state index in [0.717, 1.165) is 17.1 Å². The van der Waals surface area contributed by atoms with E-state index >= 15 is 0 Å². The predicted molar refractivity (Wildman–Crippen MR) is 91.9 cm³/mol. The molecule has 1 heterocycles. The average molecular weight is 312 g/mol. The van der Waals surface area contributed by atoms with Crippen molar-refractivity contribution in [3.05, 3.63) is 53.6 Å². The summed E-state index contributed by atoms with van der Waals surface area (Å²) >= 11 is 1.74. The van der Waals surface area contributed by atoms with Crippen molar-refractivity contribution in [2.24, 2.45) is 0 Å². The Bertz CT molecular complexity index is 715. The number of rotatable bonds is 3. The van der Waals surface area contributed by atoms with Gasteiger partial charge in [0, 0.05) is 15.4 Å². The van der Waals surface area contributed by atoms with E-state index in [4.69, 9.17) is 9.47 Å². The first kappa shape index (κ1) is 15.0. The van der Waals surface area contributed by atoms with Gasteiger partial charge in [0.05, 0.1) is 7.11 Å². The molecule has 0 amide bonds. The van der Waals surface area contributed by atoms with Gasteiger partial charge in [-0.3, -0.25) is 0 Å². The molecule has 0 aliphatic carbocycles. The molecule has 0 fully saturated rings. The van der Waals surface area contributed by atoms with Crippen LogP contribution in [0.4, 0.5) is 0 Å². The van der Waals surface area contributed by atoms with Crippen LogP contribution in [0.3, 0.4) is 0 Å². The fourth-order valence-corrected chi connectivity index (χ4v) is 3.20. The van der Waals surface area contributed by atoms with Crippen molar-refractivity contribution in [3.8, 4) is 11.5 Å². The molecule has 0 atom stereocenters.